The second kappa shape index (κ2) is 6.45. The monoisotopic (exact) mass is 284 g/mol. The number of amides is 1. The summed E-state index contributed by atoms with van der Waals surface area (Å²) < 4.78 is 23.7. The summed E-state index contributed by atoms with van der Waals surface area (Å²) in [5, 5.41) is 2.58. The number of carbonyl (C=O) groups excluding carboxylic acids is 1. The Morgan fingerprint density at radius 1 is 1.40 bits per heavy atom. The van der Waals surface area contributed by atoms with Crippen LogP contribution in [0.1, 0.15) is 27.7 Å². The summed E-state index contributed by atoms with van der Waals surface area (Å²) in [6, 6.07) is 3.96. The number of ether oxygens (including phenoxy) is 2. The van der Waals surface area contributed by atoms with Gasteiger partial charge in [0.2, 0.25) is 0 Å². The van der Waals surface area contributed by atoms with Crippen LogP contribution in [0, 0.1) is 5.82 Å². The Morgan fingerprint density at radius 2 is 2.05 bits per heavy atom. The molecule has 1 aromatic rings. The predicted octanol–water partition coefficient (Wildman–Crippen LogP) is 2.70. The molecule has 6 heteroatoms. The Labute approximate surface area is 118 Å². The number of hydrogen-bond donors (Lipinski definition) is 2. The van der Waals surface area contributed by atoms with Gasteiger partial charge in [-0.3, -0.25) is 0 Å². The van der Waals surface area contributed by atoms with Crippen molar-refractivity contribution in [3.8, 4) is 5.75 Å². The first kappa shape index (κ1) is 16.1. The number of rotatable bonds is 4. The van der Waals surface area contributed by atoms with Gasteiger partial charge in [-0.25, -0.2) is 9.18 Å². The molecule has 0 spiro atoms. The number of nitrogens with one attached hydrogen (secondary N) is 1. The van der Waals surface area contributed by atoms with Crippen LogP contribution >= 0.6 is 0 Å². The molecule has 0 heterocycles. The normalized spacial score (nSPS) is 12.7. The Hall–Kier alpha value is -1.98. The van der Waals surface area contributed by atoms with Crippen molar-refractivity contribution in [2.75, 3.05) is 12.3 Å². The topological polar surface area (TPSA) is 73.6 Å². The molecule has 0 aliphatic carbocycles. The molecule has 0 aliphatic rings. The molecular weight excluding hydrogens is 263 g/mol. The maximum atomic E-state index is 13.1. The summed E-state index contributed by atoms with van der Waals surface area (Å²) in [6.45, 7) is 7.33. The third-order valence-electron chi connectivity index (χ3n) is 2.16. The Balaban J connectivity index is 2.44. The molecule has 1 atom stereocenters. The predicted molar refractivity (Wildman–Crippen MR) is 75.1 cm³/mol. The average Bonchev–Trinajstić information content (AvgIpc) is 2.22. The lowest BCUT2D eigenvalue weighted by Gasteiger charge is -2.21. The van der Waals surface area contributed by atoms with E-state index in [-0.39, 0.29) is 18.3 Å². The second-order valence-corrected chi connectivity index (χ2v) is 5.53. The van der Waals surface area contributed by atoms with Crippen LogP contribution in [0.25, 0.3) is 0 Å². The van der Waals surface area contributed by atoms with Crippen LogP contribution in [0.2, 0.25) is 0 Å². The third kappa shape index (κ3) is 6.26. The van der Waals surface area contributed by atoms with E-state index in [1.807, 2.05) is 0 Å². The SMILES string of the molecule is C[C@H](CNC(=O)OC(C)(C)C)Oc1cc(N)cc(F)c1. The molecule has 0 radical (unpaired) electrons. The van der Waals surface area contributed by atoms with E-state index in [1.54, 1.807) is 27.7 Å². The highest BCUT2D eigenvalue weighted by Crippen LogP contribution is 2.18. The molecule has 0 saturated heterocycles. The molecule has 0 unspecified atom stereocenters. The average molecular weight is 284 g/mol. The summed E-state index contributed by atoms with van der Waals surface area (Å²) in [4.78, 5) is 11.5. The van der Waals surface area contributed by atoms with Crippen molar-refractivity contribution < 1.29 is 18.7 Å². The van der Waals surface area contributed by atoms with Gasteiger partial charge in [-0.15, -0.1) is 0 Å². The molecule has 1 aromatic carbocycles. The number of anilines is 1. The lowest BCUT2D eigenvalue weighted by molar-refractivity contribution is 0.0505. The van der Waals surface area contributed by atoms with Crippen molar-refractivity contribution in [2.45, 2.75) is 39.4 Å². The summed E-state index contributed by atoms with van der Waals surface area (Å²) >= 11 is 0. The van der Waals surface area contributed by atoms with Crippen LogP contribution in [-0.2, 0) is 4.74 Å². The fourth-order valence-corrected chi connectivity index (χ4v) is 1.47. The Kier molecular flexibility index (Phi) is 5.19. The van der Waals surface area contributed by atoms with E-state index in [9.17, 15) is 9.18 Å². The van der Waals surface area contributed by atoms with Crippen LogP contribution < -0.4 is 15.8 Å². The van der Waals surface area contributed by atoms with Gasteiger partial charge in [0.1, 0.15) is 23.3 Å². The number of nitrogen functional groups attached to an aromatic ring is 1. The van der Waals surface area contributed by atoms with Crippen molar-refractivity contribution in [1.29, 1.82) is 0 Å². The van der Waals surface area contributed by atoms with E-state index in [1.165, 1.54) is 18.2 Å². The Morgan fingerprint density at radius 3 is 2.60 bits per heavy atom. The zero-order chi connectivity index (χ0) is 15.3. The van der Waals surface area contributed by atoms with E-state index in [0.717, 1.165) is 0 Å². The van der Waals surface area contributed by atoms with Gasteiger partial charge in [0.05, 0.1) is 6.54 Å². The first-order valence-corrected chi connectivity index (χ1v) is 6.35. The van der Waals surface area contributed by atoms with Gasteiger partial charge in [0, 0.05) is 17.8 Å². The highest BCUT2D eigenvalue weighted by Gasteiger charge is 2.16. The fraction of sp³-hybridized carbons (Fsp3) is 0.500. The van der Waals surface area contributed by atoms with Gasteiger partial charge >= 0.3 is 6.09 Å². The van der Waals surface area contributed by atoms with Crippen molar-refractivity contribution >= 4 is 11.8 Å². The summed E-state index contributed by atoms with van der Waals surface area (Å²) in [5.41, 5.74) is 5.25. The number of hydrogen-bond acceptors (Lipinski definition) is 4. The highest BCUT2D eigenvalue weighted by molar-refractivity contribution is 5.67. The standard InChI is InChI=1S/C14H21FN2O3/c1-9(8-17-13(18)20-14(2,3)4)19-12-6-10(15)5-11(16)7-12/h5-7,9H,8,16H2,1-4H3,(H,17,18)/t9-/m1/s1. The van der Waals surface area contributed by atoms with Crippen LogP contribution in [-0.4, -0.2) is 24.3 Å². The molecule has 1 rings (SSSR count). The molecule has 5 nitrogen and oxygen atoms in total. The van der Waals surface area contributed by atoms with Crippen LogP contribution in [0.3, 0.4) is 0 Å². The van der Waals surface area contributed by atoms with Crippen LogP contribution in [0.5, 0.6) is 5.75 Å². The first-order valence-electron chi connectivity index (χ1n) is 6.35. The van der Waals surface area contributed by atoms with E-state index in [2.05, 4.69) is 5.32 Å². The van der Waals surface area contributed by atoms with Crippen LogP contribution in [0.15, 0.2) is 18.2 Å². The zero-order valence-electron chi connectivity index (χ0n) is 12.2. The van der Waals surface area contributed by atoms with E-state index in [0.29, 0.717) is 5.75 Å². The van der Waals surface area contributed by atoms with Gasteiger partial charge in [0.25, 0.3) is 0 Å². The third-order valence-corrected chi connectivity index (χ3v) is 2.16. The molecular formula is C14H21FN2O3. The smallest absolute Gasteiger partial charge is 0.407 e. The van der Waals surface area contributed by atoms with Crippen molar-refractivity contribution in [3.05, 3.63) is 24.0 Å². The number of alkyl carbamates (subject to hydrolysis) is 1. The summed E-state index contributed by atoms with van der Waals surface area (Å²) in [6.07, 6.45) is -0.865. The molecule has 0 saturated carbocycles. The van der Waals surface area contributed by atoms with Crippen molar-refractivity contribution in [2.24, 2.45) is 0 Å². The minimum absolute atomic E-state index is 0.241. The van der Waals surface area contributed by atoms with Gasteiger partial charge in [-0.1, -0.05) is 0 Å². The quantitative estimate of drug-likeness (QED) is 0.834. The molecule has 20 heavy (non-hydrogen) atoms. The molecule has 0 bridgehead atoms. The summed E-state index contributed by atoms with van der Waals surface area (Å²) in [5.74, 6) is -0.145. The second-order valence-electron chi connectivity index (χ2n) is 5.53. The van der Waals surface area contributed by atoms with Gasteiger partial charge in [-0.05, 0) is 33.8 Å². The molecule has 0 aromatic heterocycles. The van der Waals surface area contributed by atoms with E-state index in [4.69, 9.17) is 15.2 Å². The molecule has 112 valence electrons. The minimum atomic E-state index is -0.550. The zero-order valence-corrected chi connectivity index (χ0v) is 12.2. The van der Waals surface area contributed by atoms with Gasteiger partial charge in [0.15, 0.2) is 0 Å². The van der Waals surface area contributed by atoms with Crippen molar-refractivity contribution in [1.82, 2.24) is 5.32 Å². The number of halogens is 1. The maximum absolute atomic E-state index is 13.1. The number of benzene rings is 1. The lowest BCUT2D eigenvalue weighted by atomic mass is 10.2. The first-order chi connectivity index (χ1) is 9.15. The largest absolute Gasteiger partial charge is 0.489 e. The lowest BCUT2D eigenvalue weighted by Crippen LogP contribution is -2.37. The van der Waals surface area contributed by atoms with Crippen molar-refractivity contribution in [3.63, 3.8) is 0 Å². The highest BCUT2D eigenvalue weighted by atomic mass is 19.1. The molecule has 0 fully saturated rings. The fourth-order valence-electron chi connectivity index (χ4n) is 1.47. The molecule has 1 amide bonds. The molecule has 0 aliphatic heterocycles. The maximum Gasteiger partial charge on any atom is 0.407 e. The van der Waals surface area contributed by atoms with E-state index >= 15 is 0 Å². The number of nitrogens with two attached hydrogens (primary N) is 1. The van der Waals surface area contributed by atoms with E-state index < -0.39 is 17.5 Å². The van der Waals surface area contributed by atoms with Gasteiger partial charge < -0.3 is 20.5 Å². The molecule has 3 N–H and O–H groups in total. The van der Waals surface area contributed by atoms with Gasteiger partial charge in [-0.2, -0.15) is 0 Å². The minimum Gasteiger partial charge on any atom is -0.489 e. The number of carbonyl (C=O) groups is 1. The Bertz CT molecular complexity index is 452. The summed E-state index contributed by atoms with van der Waals surface area (Å²) in [7, 11) is 0. The van der Waals surface area contributed by atoms with Crippen LogP contribution in [0.4, 0.5) is 14.9 Å².